The van der Waals surface area contributed by atoms with Crippen molar-refractivity contribution < 1.29 is 8.42 Å². The zero-order valence-corrected chi connectivity index (χ0v) is 12.0. The van der Waals surface area contributed by atoms with Crippen molar-refractivity contribution in [3.8, 4) is 0 Å². The third-order valence-corrected chi connectivity index (χ3v) is 4.83. The van der Waals surface area contributed by atoms with Gasteiger partial charge in [-0.15, -0.1) is 0 Å². The fourth-order valence-corrected chi connectivity index (χ4v) is 3.66. The molecule has 0 aliphatic carbocycles. The van der Waals surface area contributed by atoms with Crippen LogP contribution in [0.4, 0.5) is 5.69 Å². The smallest absolute Gasteiger partial charge is 0.182 e. The van der Waals surface area contributed by atoms with Crippen molar-refractivity contribution in [1.82, 2.24) is 0 Å². The molecule has 0 atom stereocenters. The Balaban J connectivity index is 2.42. The van der Waals surface area contributed by atoms with Crippen LogP contribution in [-0.2, 0) is 15.6 Å². The Morgan fingerprint density at radius 1 is 1.16 bits per heavy atom. The van der Waals surface area contributed by atoms with Gasteiger partial charge in [0.1, 0.15) is 0 Å². The van der Waals surface area contributed by atoms with Crippen molar-refractivity contribution in [2.24, 2.45) is 0 Å². The van der Waals surface area contributed by atoms with Gasteiger partial charge in [0.05, 0.1) is 10.6 Å². The zero-order valence-electron chi connectivity index (χ0n) is 10.4. The number of benzene rings is 2. The van der Waals surface area contributed by atoms with E-state index in [0.29, 0.717) is 16.3 Å². The van der Waals surface area contributed by atoms with Crippen LogP contribution in [0.15, 0.2) is 47.4 Å². The Kier molecular flexibility index (Phi) is 3.83. The van der Waals surface area contributed by atoms with E-state index in [1.54, 1.807) is 36.4 Å². The van der Waals surface area contributed by atoms with E-state index in [0.717, 1.165) is 5.56 Å². The molecule has 0 spiro atoms. The zero-order chi connectivity index (χ0) is 14.0. The van der Waals surface area contributed by atoms with Gasteiger partial charge in [0.25, 0.3) is 0 Å². The van der Waals surface area contributed by atoms with Crippen LogP contribution in [0.2, 0.25) is 5.02 Å². The first-order valence-electron chi connectivity index (χ1n) is 5.72. The lowest BCUT2D eigenvalue weighted by Gasteiger charge is -2.09. The summed E-state index contributed by atoms with van der Waals surface area (Å²) < 4.78 is 24.7. The molecule has 0 fully saturated rings. The number of hydrogen-bond donors (Lipinski definition) is 1. The highest BCUT2D eigenvalue weighted by molar-refractivity contribution is 7.90. The van der Waals surface area contributed by atoms with Crippen LogP contribution in [0.5, 0.6) is 0 Å². The summed E-state index contributed by atoms with van der Waals surface area (Å²) in [6.07, 6.45) is 0. The molecule has 0 aliphatic heterocycles. The first-order chi connectivity index (χ1) is 8.90. The fourth-order valence-electron chi connectivity index (χ4n) is 1.81. The van der Waals surface area contributed by atoms with E-state index in [1.165, 1.54) is 0 Å². The first-order valence-corrected chi connectivity index (χ1v) is 7.75. The van der Waals surface area contributed by atoms with Gasteiger partial charge in [0.15, 0.2) is 9.84 Å². The maximum absolute atomic E-state index is 12.3. The molecule has 0 aliphatic rings. The van der Waals surface area contributed by atoms with E-state index in [4.69, 9.17) is 17.3 Å². The monoisotopic (exact) mass is 295 g/mol. The number of aryl methyl sites for hydroxylation is 1. The van der Waals surface area contributed by atoms with Crippen LogP contribution in [0.25, 0.3) is 0 Å². The summed E-state index contributed by atoms with van der Waals surface area (Å²) in [5.74, 6) is -0.193. The Bertz CT molecular complexity index is 691. The second-order valence-electron chi connectivity index (χ2n) is 4.38. The molecule has 0 amide bonds. The summed E-state index contributed by atoms with van der Waals surface area (Å²) in [4.78, 5) is 0.284. The molecule has 2 rings (SSSR count). The SMILES string of the molecule is Cc1cccc(S(=O)(=O)Cc2c(N)cccc2Cl)c1. The average Bonchev–Trinajstić information content (AvgIpc) is 2.34. The highest BCUT2D eigenvalue weighted by atomic mass is 35.5. The minimum atomic E-state index is -3.45. The molecule has 2 aromatic rings. The second-order valence-corrected chi connectivity index (χ2v) is 6.78. The number of hydrogen-bond acceptors (Lipinski definition) is 3. The highest BCUT2D eigenvalue weighted by Crippen LogP contribution is 2.27. The van der Waals surface area contributed by atoms with Crippen LogP contribution in [0, 0.1) is 6.92 Å². The molecule has 0 unspecified atom stereocenters. The molecule has 3 nitrogen and oxygen atoms in total. The van der Waals surface area contributed by atoms with Crippen molar-refractivity contribution in [2.45, 2.75) is 17.6 Å². The number of anilines is 1. The third-order valence-electron chi connectivity index (χ3n) is 2.84. The van der Waals surface area contributed by atoms with Crippen molar-refractivity contribution in [2.75, 3.05) is 5.73 Å². The molecule has 19 heavy (non-hydrogen) atoms. The first kappa shape index (κ1) is 13.9. The minimum Gasteiger partial charge on any atom is -0.398 e. The van der Waals surface area contributed by atoms with E-state index in [2.05, 4.69) is 0 Å². The number of sulfone groups is 1. The van der Waals surface area contributed by atoms with Gasteiger partial charge in [-0.25, -0.2) is 8.42 Å². The molecule has 0 saturated heterocycles. The van der Waals surface area contributed by atoms with E-state index in [9.17, 15) is 8.42 Å². The summed E-state index contributed by atoms with van der Waals surface area (Å²) in [6, 6.07) is 11.8. The van der Waals surface area contributed by atoms with Crippen LogP contribution in [-0.4, -0.2) is 8.42 Å². The summed E-state index contributed by atoms with van der Waals surface area (Å²) >= 11 is 6.01. The topological polar surface area (TPSA) is 60.2 Å². The van der Waals surface area contributed by atoms with Crippen molar-refractivity contribution in [1.29, 1.82) is 0 Å². The van der Waals surface area contributed by atoms with Crippen LogP contribution >= 0.6 is 11.6 Å². The molecule has 0 aromatic heterocycles. The van der Waals surface area contributed by atoms with Gasteiger partial charge < -0.3 is 5.73 Å². The largest absolute Gasteiger partial charge is 0.398 e. The maximum Gasteiger partial charge on any atom is 0.182 e. The van der Waals surface area contributed by atoms with Crippen LogP contribution in [0.1, 0.15) is 11.1 Å². The average molecular weight is 296 g/mol. The highest BCUT2D eigenvalue weighted by Gasteiger charge is 2.18. The predicted octanol–water partition coefficient (Wildman–Crippen LogP) is 3.20. The van der Waals surface area contributed by atoms with E-state index >= 15 is 0 Å². The van der Waals surface area contributed by atoms with Gasteiger partial charge in [0.2, 0.25) is 0 Å². The Morgan fingerprint density at radius 2 is 1.84 bits per heavy atom. The van der Waals surface area contributed by atoms with Crippen molar-refractivity contribution >= 4 is 27.1 Å². The fraction of sp³-hybridized carbons (Fsp3) is 0.143. The predicted molar refractivity (Wildman–Crippen MR) is 77.9 cm³/mol. The Hall–Kier alpha value is -1.52. The molecule has 2 N–H and O–H groups in total. The summed E-state index contributed by atoms with van der Waals surface area (Å²) in [5.41, 5.74) is 7.53. The minimum absolute atomic E-state index is 0.193. The molecule has 5 heteroatoms. The lowest BCUT2D eigenvalue weighted by Crippen LogP contribution is -2.07. The molecule has 100 valence electrons. The molecule has 0 radical (unpaired) electrons. The Labute approximate surface area is 117 Å². The number of rotatable bonds is 3. The third kappa shape index (κ3) is 3.08. The van der Waals surface area contributed by atoms with E-state index in [1.807, 2.05) is 13.0 Å². The summed E-state index contributed by atoms with van der Waals surface area (Å²) in [5, 5.41) is 0.372. The van der Waals surface area contributed by atoms with Gasteiger partial charge in [-0.3, -0.25) is 0 Å². The lowest BCUT2D eigenvalue weighted by molar-refractivity contribution is 0.595. The standard InChI is InChI=1S/C14H14ClNO2S/c1-10-4-2-5-11(8-10)19(17,18)9-12-13(15)6-3-7-14(12)16/h2-8H,9,16H2,1H3. The molecule has 2 aromatic carbocycles. The molecule has 0 saturated carbocycles. The number of halogens is 1. The summed E-state index contributed by atoms with van der Waals surface area (Å²) in [7, 11) is -3.45. The van der Waals surface area contributed by atoms with Gasteiger partial charge in [-0.05, 0) is 36.8 Å². The molecular weight excluding hydrogens is 282 g/mol. The van der Waals surface area contributed by atoms with Gasteiger partial charge in [0, 0.05) is 16.3 Å². The molecular formula is C14H14ClNO2S. The quantitative estimate of drug-likeness (QED) is 0.885. The maximum atomic E-state index is 12.3. The second kappa shape index (κ2) is 5.23. The van der Waals surface area contributed by atoms with Gasteiger partial charge in [-0.1, -0.05) is 29.8 Å². The van der Waals surface area contributed by atoms with Gasteiger partial charge >= 0.3 is 0 Å². The van der Waals surface area contributed by atoms with Crippen LogP contribution < -0.4 is 5.73 Å². The van der Waals surface area contributed by atoms with E-state index in [-0.39, 0.29) is 10.6 Å². The van der Waals surface area contributed by atoms with Crippen molar-refractivity contribution in [3.63, 3.8) is 0 Å². The number of nitrogens with two attached hydrogens (primary N) is 1. The normalized spacial score (nSPS) is 11.5. The van der Waals surface area contributed by atoms with Gasteiger partial charge in [-0.2, -0.15) is 0 Å². The lowest BCUT2D eigenvalue weighted by atomic mass is 10.2. The van der Waals surface area contributed by atoms with Crippen LogP contribution in [0.3, 0.4) is 0 Å². The van der Waals surface area contributed by atoms with Crippen molar-refractivity contribution in [3.05, 3.63) is 58.6 Å². The molecule has 0 bridgehead atoms. The molecule has 0 heterocycles. The summed E-state index contributed by atoms with van der Waals surface area (Å²) in [6.45, 7) is 1.85. The van der Waals surface area contributed by atoms with E-state index < -0.39 is 9.84 Å². The number of nitrogen functional groups attached to an aromatic ring is 1. The Morgan fingerprint density at radius 3 is 2.47 bits per heavy atom.